The van der Waals surface area contributed by atoms with Gasteiger partial charge in [-0.2, -0.15) is 0 Å². The Hall–Kier alpha value is 0.650. The number of hydrogen-bond acceptors (Lipinski definition) is 2. The van der Waals surface area contributed by atoms with Gasteiger partial charge in [-0.1, -0.05) is 36.4 Å². The Morgan fingerprint density at radius 2 is 2.08 bits per heavy atom. The summed E-state index contributed by atoms with van der Waals surface area (Å²) in [5.74, 6) is -0.253. The summed E-state index contributed by atoms with van der Waals surface area (Å²) in [5.41, 5.74) is 0. The zero-order chi connectivity index (χ0) is 9.03. The Balaban J connectivity index is 2.41. The van der Waals surface area contributed by atoms with Crippen LogP contribution in [0.4, 0.5) is 0 Å². The standard InChI is InChI=1S/C9H17IO2/c1-3-9(4-2)11-7-8(12-9)5-6-10/h8H,3-7H2,1-2H3/t8-/m1/s1. The zero-order valence-corrected chi connectivity index (χ0v) is 9.96. The topological polar surface area (TPSA) is 18.5 Å². The molecule has 0 aromatic rings. The van der Waals surface area contributed by atoms with Crippen molar-refractivity contribution < 1.29 is 9.47 Å². The molecular formula is C9H17IO2. The molecule has 1 atom stereocenters. The first-order valence-corrected chi connectivity index (χ1v) is 6.16. The van der Waals surface area contributed by atoms with E-state index in [2.05, 4.69) is 36.4 Å². The lowest BCUT2D eigenvalue weighted by Crippen LogP contribution is -2.28. The van der Waals surface area contributed by atoms with Crippen LogP contribution in [0.25, 0.3) is 0 Å². The molecule has 1 rings (SSSR count). The van der Waals surface area contributed by atoms with Crippen molar-refractivity contribution in [1.82, 2.24) is 0 Å². The minimum absolute atomic E-state index is 0.253. The molecule has 3 heteroatoms. The van der Waals surface area contributed by atoms with Gasteiger partial charge in [0.1, 0.15) is 0 Å². The fourth-order valence-corrected chi connectivity index (χ4v) is 2.20. The summed E-state index contributed by atoms with van der Waals surface area (Å²) in [5, 5.41) is 0. The first-order valence-electron chi connectivity index (χ1n) is 4.64. The highest BCUT2D eigenvalue weighted by Crippen LogP contribution is 2.31. The molecule has 0 aliphatic carbocycles. The summed E-state index contributed by atoms with van der Waals surface area (Å²) in [7, 11) is 0. The van der Waals surface area contributed by atoms with Crippen LogP contribution in [-0.4, -0.2) is 22.9 Å². The predicted molar refractivity (Wildman–Crippen MR) is 57.6 cm³/mol. The summed E-state index contributed by atoms with van der Waals surface area (Å²) in [6.07, 6.45) is 3.37. The van der Waals surface area contributed by atoms with Crippen LogP contribution in [0.3, 0.4) is 0 Å². The van der Waals surface area contributed by atoms with Crippen molar-refractivity contribution in [3.05, 3.63) is 0 Å². The van der Waals surface area contributed by atoms with E-state index in [1.165, 1.54) is 0 Å². The summed E-state index contributed by atoms with van der Waals surface area (Å²) in [6.45, 7) is 5.02. The number of rotatable bonds is 4. The summed E-state index contributed by atoms with van der Waals surface area (Å²) in [4.78, 5) is 0. The fraction of sp³-hybridized carbons (Fsp3) is 1.00. The molecule has 0 N–H and O–H groups in total. The molecule has 1 fully saturated rings. The average Bonchev–Trinajstić information content (AvgIpc) is 2.50. The minimum Gasteiger partial charge on any atom is -0.347 e. The summed E-state index contributed by atoms with van der Waals surface area (Å²) in [6, 6.07) is 0. The molecule has 12 heavy (non-hydrogen) atoms. The first kappa shape index (κ1) is 10.7. The lowest BCUT2D eigenvalue weighted by atomic mass is 10.1. The van der Waals surface area contributed by atoms with Gasteiger partial charge in [0.15, 0.2) is 5.79 Å². The van der Waals surface area contributed by atoms with Gasteiger partial charge < -0.3 is 9.47 Å². The van der Waals surface area contributed by atoms with E-state index in [9.17, 15) is 0 Å². The van der Waals surface area contributed by atoms with Gasteiger partial charge in [-0.05, 0) is 19.3 Å². The molecule has 0 radical (unpaired) electrons. The molecule has 2 nitrogen and oxygen atoms in total. The van der Waals surface area contributed by atoms with Crippen LogP contribution < -0.4 is 0 Å². The zero-order valence-electron chi connectivity index (χ0n) is 7.81. The van der Waals surface area contributed by atoms with E-state index in [-0.39, 0.29) is 5.79 Å². The largest absolute Gasteiger partial charge is 0.347 e. The van der Waals surface area contributed by atoms with Crippen LogP contribution >= 0.6 is 22.6 Å². The molecule has 1 heterocycles. The van der Waals surface area contributed by atoms with Gasteiger partial charge in [0.2, 0.25) is 0 Å². The molecule has 1 aliphatic rings. The Morgan fingerprint density at radius 3 is 2.50 bits per heavy atom. The van der Waals surface area contributed by atoms with Gasteiger partial charge in [-0.3, -0.25) is 0 Å². The SMILES string of the molecule is CCC1(CC)OC[C@@H](CCI)O1. The Bertz CT molecular complexity index is 134. The lowest BCUT2D eigenvalue weighted by Gasteiger charge is -2.24. The van der Waals surface area contributed by atoms with Crippen molar-refractivity contribution in [2.75, 3.05) is 11.0 Å². The van der Waals surface area contributed by atoms with Crippen molar-refractivity contribution in [2.24, 2.45) is 0 Å². The van der Waals surface area contributed by atoms with Gasteiger partial charge >= 0.3 is 0 Å². The second-order valence-corrected chi connectivity index (χ2v) is 4.23. The lowest BCUT2D eigenvalue weighted by molar-refractivity contribution is -0.171. The Labute approximate surface area is 88.1 Å². The van der Waals surface area contributed by atoms with E-state index in [4.69, 9.17) is 9.47 Å². The third-order valence-electron chi connectivity index (χ3n) is 2.42. The van der Waals surface area contributed by atoms with E-state index in [1.807, 2.05) is 0 Å². The van der Waals surface area contributed by atoms with E-state index in [0.717, 1.165) is 30.3 Å². The van der Waals surface area contributed by atoms with Crippen molar-refractivity contribution >= 4 is 22.6 Å². The summed E-state index contributed by atoms with van der Waals surface area (Å²) < 4.78 is 12.7. The predicted octanol–water partition coefficient (Wildman–Crippen LogP) is 2.74. The Kier molecular flexibility index (Phi) is 4.26. The van der Waals surface area contributed by atoms with Crippen LogP contribution in [0.1, 0.15) is 33.1 Å². The smallest absolute Gasteiger partial charge is 0.168 e. The highest BCUT2D eigenvalue weighted by atomic mass is 127. The van der Waals surface area contributed by atoms with Gasteiger partial charge in [-0.15, -0.1) is 0 Å². The maximum Gasteiger partial charge on any atom is 0.168 e. The second-order valence-electron chi connectivity index (χ2n) is 3.15. The highest BCUT2D eigenvalue weighted by Gasteiger charge is 2.37. The van der Waals surface area contributed by atoms with Crippen molar-refractivity contribution in [2.45, 2.75) is 45.0 Å². The molecule has 0 bridgehead atoms. The molecule has 0 amide bonds. The molecule has 0 spiro atoms. The quantitative estimate of drug-likeness (QED) is 0.584. The maximum atomic E-state index is 5.86. The normalized spacial score (nSPS) is 27.8. The van der Waals surface area contributed by atoms with Crippen LogP contribution in [0.15, 0.2) is 0 Å². The van der Waals surface area contributed by atoms with Crippen LogP contribution in [0.2, 0.25) is 0 Å². The van der Waals surface area contributed by atoms with E-state index in [1.54, 1.807) is 0 Å². The van der Waals surface area contributed by atoms with Gasteiger partial charge in [-0.25, -0.2) is 0 Å². The molecule has 0 saturated carbocycles. The van der Waals surface area contributed by atoms with Gasteiger partial charge in [0, 0.05) is 4.43 Å². The number of halogens is 1. The molecule has 72 valence electrons. The van der Waals surface area contributed by atoms with Crippen molar-refractivity contribution in [3.8, 4) is 0 Å². The molecule has 0 unspecified atom stereocenters. The number of hydrogen-bond donors (Lipinski definition) is 0. The van der Waals surface area contributed by atoms with Crippen LogP contribution in [-0.2, 0) is 9.47 Å². The third kappa shape index (κ3) is 2.33. The highest BCUT2D eigenvalue weighted by molar-refractivity contribution is 14.1. The molecular weight excluding hydrogens is 267 g/mol. The second kappa shape index (κ2) is 4.77. The van der Waals surface area contributed by atoms with Crippen LogP contribution in [0, 0.1) is 0 Å². The summed E-state index contributed by atoms with van der Waals surface area (Å²) >= 11 is 2.38. The molecule has 1 saturated heterocycles. The fourth-order valence-electron chi connectivity index (χ4n) is 1.50. The molecule has 0 aromatic carbocycles. The maximum absolute atomic E-state index is 5.86. The van der Waals surface area contributed by atoms with E-state index < -0.39 is 0 Å². The van der Waals surface area contributed by atoms with Gasteiger partial charge in [0.25, 0.3) is 0 Å². The molecule has 1 aliphatic heterocycles. The third-order valence-corrected chi connectivity index (χ3v) is 3.04. The van der Waals surface area contributed by atoms with E-state index in [0.29, 0.717) is 6.10 Å². The monoisotopic (exact) mass is 284 g/mol. The minimum atomic E-state index is -0.253. The van der Waals surface area contributed by atoms with Crippen molar-refractivity contribution in [3.63, 3.8) is 0 Å². The number of alkyl halides is 1. The number of ether oxygens (including phenoxy) is 2. The van der Waals surface area contributed by atoms with Crippen LogP contribution in [0.5, 0.6) is 0 Å². The first-order chi connectivity index (χ1) is 5.76. The van der Waals surface area contributed by atoms with E-state index >= 15 is 0 Å². The van der Waals surface area contributed by atoms with Gasteiger partial charge in [0.05, 0.1) is 12.7 Å². The Morgan fingerprint density at radius 1 is 1.42 bits per heavy atom. The van der Waals surface area contributed by atoms with Crippen molar-refractivity contribution in [1.29, 1.82) is 0 Å². The molecule has 0 aromatic heterocycles. The average molecular weight is 284 g/mol.